The van der Waals surface area contributed by atoms with E-state index >= 15 is 0 Å². The van der Waals surface area contributed by atoms with Gasteiger partial charge < -0.3 is 14.4 Å². The molecule has 7 heteroatoms. The van der Waals surface area contributed by atoms with E-state index < -0.39 is 30.2 Å². The molecule has 0 N–H and O–H groups in total. The van der Waals surface area contributed by atoms with E-state index in [2.05, 4.69) is 0 Å². The molecule has 0 radical (unpaired) electrons. The molecule has 0 saturated carbocycles. The molecule has 1 fully saturated rings. The van der Waals surface area contributed by atoms with Gasteiger partial charge in [-0.05, 0) is 67.4 Å². The molecule has 0 bridgehead atoms. The number of hydrogen-bond acceptors (Lipinski definition) is 6. The van der Waals surface area contributed by atoms with E-state index in [1.807, 2.05) is 32.0 Å². The summed E-state index contributed by atoms with van der Waals surface area (Å²) in [6.07, 6.45) is 0.0435. The molecule has 7 nitrogen and oxygen atoms in total. The lowest BCUT2D eigenvalue weighted by Crippen LogP contribution is -2.27. The second kappa shape index (κ2) is 10.3. The van der Waals surface area contributed by atoms with Crippen molar-refractivity contribution in [3.8, 4) is 5.75 Å². The largest absolute Gasteiger partial charge is 0.457 e. The summed E-state index contributed by atoms with van der Waals surface area (Å²) in [5, 5.41) is 0. The van der Waals surface area contributed by atoms with Crippen LogP contribution in [-0.2, 0) is 14.3 Å². The molecule has 3 aromatic rings. The fraction of sp³-hybridized carbons (Fsp3) is 0.214. The van der Waals surface area contributed by atoms with E-state index in [0.717, 1.165) is 16.8 Å². The highest BCUT2D eigenvalue weighted by Gasteiger charge is 2.37. The summed E-state index contributed by atoms with van der Waals surface area (Å²) in [4.78, 5) is 51.3. The zero-order chi connectivity index (χ0) is 24.9. The molecular weight excluding hydrogens is 446 g/mol. The van der Waals surface area contributed by atoms with Gasteiger partial charge in [-0.1, -0.05) is 30.3 Å². The molecule has 178 valence electrons. The Morgan fingerprint density at radius 3 is 2.34 bits per heavy atom. The molecule has 1 aliphatic heterocycles. The van der Waals surface area contributed by atoms with E-state index in [0.29, 0.717) is 16.9 Å². The summed E-state index contributed by atoms with van der Waals surface area (Å²) in [5.41, 5.74) is 3.49. The Balaban J connectivity index is 1.30. The van der Waals surface area contributed by atoms with Gasteiger partial charge in [0, 0.05) is 24.2 Å². The number of nitrogens with zero attached hydrogens (tertiary/aromatic N) is 1. The van der Waals surface area contributed by atoms with Crippen LogP contribution in [0.3, 0.4) is 0 Å². The van der Waals surface area contributed by atoms with Crippen LogP contribution in [0.25, 0.3) is 0 Å². The van der Waals surface area contributed by atoms with Gasteiger partial charge in [-0.2, -0.15) is 0 Å². The van der Waals surface area contributed by atoms with Crippen LogP contribution in [0.4, 0.5) is 5.69 Å². The molecule has 1 heterocycles. The van der Waals surface area contributed by atoms with Crippen molar-refractivity contribution in [3.05, 3.63) is 95.1 Å². The Labute approximate surface area is 203 Å². The van der Waals surface area contributed by atoms with Gasteiger partial charge in [0.25, 0.3) is 0 Å². The predicted octanol–water partition coefficient (Wildman–Crippen LogP) is 4.30. The van der Waals surface area contributed by atoms with Crippen molar-refractivity contribution in [2.45, 2.75) is 20.3 Å². The monoisotopic (exact) mass is 471 g/mol. The normalized spacial score (nSPS) is 15.1. The number of ketones is 1. The summed E-state index contributed by atoms with van der Waals surface area (Å²) in [5.74, 6) is -1.95. The van der Waals surface area contributed by atoms with Crippen LogP contribution in [-0.4, -0.2) is 36.8 Å². The minimum Gasteiger partial charge on any atom is -0.457 e. The maximum Gasteiger partial charge on any atom is 0.343 e. The number of ether oxygens (including phenoxy) is 2. The minimum atomic E-state index is -0.630. The summed E-state index contributed by atoms with van der Waals surface area (Å²) in [6.45, 7) is 3.65. The first-order valence-electron chi connectivity index (χ1n) is 11.3. The van der Waals surface area contributed by atoms with Crippen molar-refractivity contribution in [2.24, 2.45) is 5.92 Å². The minimum absolute atomic E-state index is 0.0435. The molecular formula is C28H25NO6. The van der Waals surface area contributed by atoms with Gasteiger partial charge in [0.2, 0.25) is 5.91 Å². The molecule has 1 saturated heterocycles. The maximum atomic E-state index is 12.6. The van der Waals surface area contributed by atoms with Crippen LogP contribution in [0.15, 0.2) is 72.8 Å². The van der Waals surface area contributed by atoms with Gasteiger partial charge in [-0.15, -0.1) is 0 Å². The van der Waals surface area contributed by atoms with Crippen molar-refractivity contribution < 1.29 is 28.7 Å². The average molecular weight is 472 g/mol. The molecule has 1 amide bonds. The van der Waals surface area contributed by atoms with E-state index in [9.17, 15) is 19.2 Å². The van der Waals surface area contributed by atoms with Gasteiger partial charge in [0.1, 0.15) is 5.75 Å². The van der Waals surface area contributed by atoms with Crippen LogP contribution in [0, 0.1) is 19.8 Å². The fourth-order valence-corrected chi connectivity index (χ4v) is 3.90. The van der Waals surface area contributed by atoms with Gasteiger partial charge in [0.05, 0.1) is 11.5 Å². The fourth-order valence-electron chi connectivity index (χ4n) is 3.90. The predicted molar refractivity (Wildman–Crippen MR) is 130 cm³/mol. The number of esters is 2. The molecule has 0 spiro atoms. The zero-order valence-electron chi connectivity index (χ0n) is 19.5. The van der Waals surface area contributed by atoms with Crippen molar-refractivity contribution in [1.82, 2.24) is 0 Å². The van der Waals surface area contributed by atoms with Crippen molar-refractivity contribution >= 4 is 29.3 Å². The molecule has 0 aliphatic carbocycles. The van der Waals surface area contributed by atoms with E-state index in [1.165, 1.54) is 24.3 Å². The highest BCUT2D eigenvalue weighted by molar-refractivity contribution is 6.01. The van der Waals surface area contributed by atoms with Gasteiger partial charge >= 0.3 is 11.9 Å². The molecule has 1 aliphatic rings. The number of anilines is 1. The van der Waals surface area contributed by atoms with Crippen molar-refractivity contribution in [3.63, 3.8) is 0 Å². The number of carbonyl (C=O) groups excluding carboxylic acids is 4. The van der Waals surface area contributed by atoms with Crippen LogP contribution >= 0.6 is 0 Å². The Kier molecular flexibility index (Phi) is 7.06. The summed E-state index contributed by atoms with van der Waals surface area (Å²) < 4.78 is 10.5. The topological polar surface area (TPSA) is 90.0 Å². The summed E-state index contributed by atoms with van der Waals surface area (Å²) in [6, 6.07) is 20.4. The Morgan fingerprint density at radius 2 is 1.63 bits per heavy atom. The average Bonchev–Trinajstić information content (AvgIpc) is 3.26. The summed E-state index contributed by atoms with van der Waals surface area (Å²) >= 11 is 0. The molecule has 1 unspecified atom stereocenters. The second-order valence-corrected chi connectivity index (χ2v) is 8.51. The van der Waals surface area contributed by atoms with E-state index in [4.69, 9.17) is 9.47 Å². The number of Topliss-reactive ketones (excluding diaryl/α,β-unsaturated/α-hetero) is 1. The third-order valence-electron chi connectivity index (χ3n) is 5.86. The summed E-state index contributed by atoms with van der Waals surface area (Å²) in [7, 11) is 0. The Hall–Kier alpha value is -4.26. The molecule has 3 aromatic carbocycles. The smallest absolute Gasteiger partial charge is 0.343 e. The Morgan fingerprint density at radius 1 is 0.914 bits per heavy atom. The first kappa shape index (κ1) is 23.9. The number of hydrogen-bond donors (Lipinski definition) is 0. The zero-order valence-corrected chi connectivity index (χ0v) is 19.5. The molecule has 4 rings (SSSR count). The highest BCUT2D eigenvalue weighted by atomic mass is 16.5. The highest BCUT2D eigenvalue weighted by Crippen LogP contribution is 2.29. The first-order valence-corrected chi connectivity index (χ1v) is 11.3. The van der Waals surface area contributed by atoms with E-state index in [-0.39, 0.29) is 18.9 Å². The third-order valence-corrected chi connectivity index (χ3v) is 5.86. The number of carbonyl (C=O) groups is 4. The van der Waals surface area contributed by atoms with Gasteiger partial charge in [-0.3, -0.25) is 14.4 Å². The first-order chi connectivity index (χ1) is 16.8. The number of aryl methyl sites for hydroxylation is 2. The van der Waals surface area contributed by atoms with E-state index in [1.54, 1.807) is 35.2 Å². The van der Waals surface area contributed by atoms with Gasteiger partial charge in [0.15, 0.2) is 12.4 Å². The Bertz CT molecular complexity index is 1270. The van der Waals surface area contributed by atoms with Crippen LogP contribution < -0.4 is 9.64 Å². The standard InChI is InChI=1S/C28H25NO6/c1-18-8-9-19(2)24(14-18)29-16-22(15-26(29)31)27(32)34-17-25(30)20-10-12-23(13-11-20)35-28(33)21-6-4-3-5-7-21/h3-14,22H,15-17H2,1-2H3. The maximum absolute atomic E-state index is 12.6. The van der Waals surface area contributed by atoms with Crippen LogP contribution in [0.1, 0.15) is 38.3 Å². The third kappa shape index (κ3) is 5.63. The van der Waals surface area contributed by atoms with Gasteiger partial charge in [-0.25, -0.2) is 4.79 Å². The lowest BCUT2D eigenvalue weighted by Gasteiger charge is -2.19. The SMILES string of the molecule is Cc1ccc(C)c(N2CC(C(=O)OCC(=O)c3ccc(OC(=O)c4ccccc4)cc3)CC2=O)c1. The lowest BCUT2D eigenvalue weighted by molar-refractivity contribution is -0.147. The molecule has 0 aromatic heterocycles. The number of rotatable bonds is 7. The second-order valence-electron chi connectivity index (χ2n) is 8.51. The molecule has 1 atom stereocenters. The van der Waals surface area contributed by atoms with Crippen molar-refractivity contribution in [2.75, 3.05) is 18.1 Å². The lowest BCUT2D eigenvalue weighted by atomic mass is 10.1. The molecule has 35 heavy (non-hydrogen) atoms. The van der Waals surface area contributed by atoms with Crippen LogP contribution in [0.2, 0.25) is 0 Å². The van der Waals surface area contributed by atoms with Crippen molar-refractivity contribution in [1.29, 1.82) is 0 Å². The number of benzene rings is 3. The van der Waals surface area contributed by atoms with Crippen LogP contribution in [0.5, 0.6) is 5.75 Å². The quantitative estimate of drug-likeness (QED) is 0.290. The number of amides is 1.